The molecule has 3 atom stereocenters. The number of benzene rings is 1. The monoisotopic (exact) mass is 393 g/mol. The second kappa shape index (κ2) is 7.50. The third-order valence-electron chi connectivity index (χ3n) is 6.29. The summed E-state index contributed by atoms with van der Waals surface area (Å²) in [4.78, 5) is 44.4. The van der Waals surface area contributed by atoms with Crippen LogP contribution in [0.2, 0.25) is 0 Å². The van der Waals surface area contributed by atoms with Gasteiger partial charge in [-0.25, -0.2) is 0 Å². The first-order valence-corrected chi connectivity index (χ1v) is 10.2. The molecule has 29 heavy (non-hydrogen) atoms. The molecule has 0 saturated carbocycles. The number of hydrogen-bond acceptors (Lipinski definition) is 3. The van der Waals surface area contributed by atoms with Gasteiger partial charge in [-0.3, -0.25) is 14.4 Å². The summed E-state index contributed by atoms with van der Waals surface area (Å²) < 4.78 is 0. The van der Waals surface area contributed by atoms with Gasteiger partial charge in [0, 0.05) is 55.7 Å². The third-order valence-corrected chi connectivity index (χ3v) is 6.29. The van der Waals surface area contributed by atoms with Crippen LogP contribution in [0.4, 0.5) is 0 Å². The summed E-state index contributed by atoms with van der Waals surface area (Å²) in [7, 11) is 0. The maximum Gasteiger partial charge on any atom is 0.270 e. The lowest BCUT2D eigenvalue weighted by atomic mass is 9.87. The highest BCUT2D eigenvalue weighted by atomic mass is 16.2. The average Bonchev–Trinajstić information content (AvgIpc) is 3.24. The zero-order valence-electron chi connectivity index (χ0n) is 17.1. The fraction of sp³-hybridized carbons (Fsp3) is 0.435. The summed E-state index contributed by atoms with van der Waals surface area (Å²) in [5.74, 6) is 0.466. The van der Waals surface area contributed by atoms with E-state index in [1.54, 1.807) is 6.92 Å². The van der Waals surface area contributed by atoms with E-state index in [4.69, 9.17) is 0 Å². The number of carbonyl (C=O) groups excluding carboxylic acids is 2. The van der Waals surface area contributed by atoms with Crippen molar-refractivity contribution in [2.75, 3.05) is 19.6 Å². The van der Waals surface area contributed by atoms with Crippen LogP contribution in [0.1, 0.15) is 46.7 Å². The van der Waals surface area contributed by atoms with E-state index in [9.17, 15) is 14.4 Å². The SMILES string of the molecule is CCC(=O)N1C[C@@H]2CN(C(=O)c3cc(=O)cc(C)[nH]3)C[C@@H]2[C@H]1c1ccccc1C. The van der Waals surface area contributed by atoms with Crippen LogP contribution in [0.5, 0.6) is 0 Å². The number of hydrogen-bond donors (Lipinski definition) is 1. The Morgan fingerprint density at radius 2 is 1.86 bits per heavy atom. The highest BCUT2D eigenvalue weighted by molar-refractivity contribution is 5.92. The van der Waals surface area contributed by atoms with Crippen molar-refractivity contribution in [1.82, 2.24) is 14.8 Å². The van der Waals surface area contributed by atoms with Gasteiger partial charge in [0.1, 0.15) is 5.69 Å². The van der Waals surface area contributed by atoms with Gasteiger partial charge in [-0.2, -0.15) is 0 Å². The van der Waals surface area contributed by atoms with E-state index >= 15 is 0 Å². The summed E-state index contributed by atoms with van der Waals surface area (Å²) in [6.07, 6.45) is 0.481. The molecule has 2 fully saturated rings. The molecule has 0 spiro atoms. The van der Waals surface area contributed by atoms with Gasteiger partial charge in [0.05, 0.1) is 6.04 Å². The van der Waals surface area contributed by atoms with Gasteiger partial charge in [-0.05, 0) is 25.0 Å². The van der Waals surface area contributed by atoms with E-state index in [-0.39, 0.29) is 35.1 Å². The van der Waals surface area contributed by atoms with Crippen LogP contribution in [0.15, 0.2) is 41.2 Å². The Balaban J connectivity index is 1.63. The summed E-state index contributed by atoms with van der Waals surface area (Å²) in [6.45, 7) is 7.62. The Labute approximate surface area is 170 Å². The lowest BCUT2D eigenvalue weighted by Crippen LogP contribution is -2.37. The zero-order valence-corrected chi connectivity index (χ0v) is 17.1. The molecule has 0 bridgehead atoms. The Bertz CT molecular complexity index is 1010. The first-order chi connectivity index (χ1) is 13.9. The molecule has 3 heterocycles. The molecule has 0 unspecified atom stereocenters. The number of aromatic amines is 1. The predicted molar refractivity (Wildman–Crippen MR) is 111 cm³/mol. The molecule has 0 aliphatic carbocycles. The fourth-order valence-corrected chi connectivity index (χ4v) is 4.96. The molecule has 152 valence electrons. The topological polar surface area (TPSA) is 73.5 Å². The number of rotatable bonds is 3. The Hall–Kier alpha value is -2.89. The highest BCUT2D eigenvalue weighted by Gasteiger charge is 2.50. The van der Waals surface area contributed by atoms with Crippen LogP contribution in [0.3, 0.4) is 0 Å². The van der Waals surface area contributed by atoms with E-state index in [1.165, 1.54) is 23.3 Å². The quantitative estimate of drug-likeness (QED) is 0.871. The lowest BCUT2D eigenvalue weighted by molar-refractivity contribution is -0.132. The van der Waals surface area contributed by atoms with Crippen molar-refractivity contribution in [2.24, 2.45) is 11.8 Å². The predicted octanol–water partition coefficient (Wildman–Crippen LogP) is 2.67. The molecule has 2 saturated heterocycles. The van der Waals surface area contributed by atoms with Crippen LogP contribution in [-0.2, 0) is 4.79 Å². The van der Waals surface area contributed by atoms with E-state index in [0.29, 0.717) is 37.4 Å². The molecule has 1 N–H and O–H groups in total. The van der Waals surface area contributed by atoms with Crippen molar-refractivity contribution < 1.29 is 9.59 Å². The number of nitrogens with one attached hydrogen (secondary N) is 1. The number of H-pyrrole nitrogens is 1. The number of carbonyl (C=O) groups is 2. The van der Waals surface area contributed by atoms with Gasteiger partial charge < -0.3 is 14.8 Å². The molecule has 2 aromatic rings. The largest absolute Gasteiger partial charge is 0.354 e. The number of aromatic nitrogens is 1. The third kappa shape index (κ3) is 3.48. The van der Waals surface area contributed by atoms with Crippen LogP contribution >= 0.6 is 0 Å². The molecular weight excluding hydrogens is 366 g/mol. The highest BCUT2D eigenvalue weighted by Crippen LogP contribution is 2.46. The summed E-state index contributed by atoms with van der Waals surface area (Å²) in [6, 6.07) is 11.0. The van der Waals surface area contributed by atoms with Crippen molar-refractivity contribution in [1.29, 1.82) is 0 Å². The molecular formula is C23H27N3O3. The minimum Gasteiger partial charge on any atom is -0.354 e. The number of pyridine rings is 1. The second-order valence-electron chi connectivity index (χ2n) is 8.25. The van der Waals surface area contributed by atoms with Crippen molar-refractivity contribution in [3.63, 3.8) is 0 Å². The van der Waals surface area contributed by atoms with Crippen molar-refractivity contribution in [3.05, 3.63) is 69.1 Å². The smallest absolute Gasteiger partial charge is 0.270 e. The molecule has 6 nitrogen and oxygen atoms in total. The molecule has 1 aromatic carbocycles. The molecule has 2 aliphatic heterocycles. The number of aryl methyl sites for hydroxylation is 2. The minimum atomic E-state index is -0.165. The first-order valence-electron chi connectivity index (χ1n) is 10.2. The van der Waals surface area contributed by atoms with E-state index < -0.39 is 0 Å². The summed E-state index contributed by atoms with van der Waals surface area (Å²) >= 11 is 0. The van der Waals surface area contributed by atoms with Gasteiger partial charge >= 0.3 is 0 Å². The number of amides is 2. The number of nitrogens with zero attached hydrogens (tertiary/aromatic N) is 2. The van der Waals surface area contributed by atoms with E-state index in [1.807, 2.05) is 28.9 Å². The van der Waals surface area contributed by atoms with Crippen molar-refractivity contribution in [2.45, 2.75) is 33.2 Å². The van der Waals surface area contributed by atoms with E-state index in [0.717, 1.165) is 0 Å². The minimum absolute atomic E-state index is 0.0111. The van der Waals surface area contributed by atoms with Crippen LogP contribution < -0.4 is 5.43 Å². The van der Waals surface area contributed by atoms with Gasteiger partial charge in [-0.15, -0.1) is 0 Å². The van der Waals surface area contributed by atoms with Gasteiger partial charge in [0.25, 0.3) is 5.91 Å². The first kappa shape index (κ1) is 19.4. The lowest BCUT2D eigenvalue weighted by Gasteiger charge is -2.31. The maximum atomic E-state index is 13.0. The van der Waals surface area contributed by atoms with Gasteiger partial charge in [0.15, 0.2) is 5.43 Å². The van der Waals surface area contributed by atoms with Gasteiger partial charge in [0.2, 0.25) is 5.91 Å². The number of likely N-dealkylation sites (tertiary alicyclic amines) is 2. The Morgan fingerprint density at radius 3 is 2.55 bits per heavy atom. The molecule has 4 rings (SSSR count). The molecule has 2 amide bonds. The van der Waals surface area contributed by atoms with Crippen LogP contribution in [-0.4, -0.2) is 46.2 Å². The molecule has 1 aromatic heterocycles. The zero-order chi connectivity index (χ0) is 20.7. The van der Waals surface area contributed by atoms with Crippen LogP contribution in [0, 0.1) is 25.7 Å². The fourth-order valence-electron chi connectivity index (χ4n) is 4.96. The van der Waals surface area contributed by atoms with Crippen molar-refractivity contribution in [3.8, 4) is 0 Å². The van der Waals surface area contributed by atoms with Gasteiger partial charge in [-0.1, -0.05) is 31.2 Å². The Morgan fingerprint density at radius 1 is 1.10 bits per heavy atom. The molecule has 0 radical (unpaired) electrons. The normalized spacial score (nSPS) is 23.3. The van der Waals surface area contributed by atoms with Crippen LogP contribution in [0.25, 0.3) is 0 Å². The summed E-state index contributed by atoms with van der Waals surface area (Å²) in [5, 5.41) is 0. The second-order valence-corrected chi connectivity index (χ2v) is 8.25. The standard InChI is InChI=1S/C23H27N3O3/c1-4-21(28)26-12-16-11-25(23(29)20-10-17(27)9-15(3)24-20)13-19(16)22(26)18-8-6-5-7-14(18)2/h5-10,16,19,22H,4,11-13H2,1-3H3,(H,24,27)/t16-,19-,22+/m0/s1. The summed E-state index contributed by atoms with van der Waals surface area (Å²) in [5.41, 5.74) is 3.18. The molecule has 2 aliphatic rings. The Kier molecular flexibility index (Phi) is 5.03. The molecule has 6 heteroatoms. The van der Waals surface area contributed by atoms with E-state index in [2.05, 4.69) is 24.0 Å². The van der Waals surface area contributed by atoms with Crippen molar-refractivity contribution >= 4 is 11.8 Å². The number of fused-ring (bicyclic) bond motifs is 1. The average molecular weight is 393 g/mol. The maximum absolute atomic E-state index is 13.0.